The molecule has 0 spiro atoms. The van der Waals surface area contributed by atoms with E-state index < -0.39 is 0 Å². The predicted molar refractivity (Wildman–Crippen MR) is 84.3 cm³/mol. The van der Waals surface area contributed by atoms with Crippen molar-refractivity contribution in [3.05, 3.63) is 34.9 Å². The Bertz CT molecular complexity index is 417. The summed E-state index contributed by atoms with van der Waals surface area (Å²) >= 11 is 6.08. The van der Waals surface area contributed by atoms with Gasteiger partial charge < -0.3 is 10.1 Å². The van der Waals surface area contributed by atoms with Crippen molar-refractivity contribution in [2.45, 2.75) is 38.5 Å². The summed E-state index contributed by atoms with van der Waals surface area (Å²) in [5, 5.41) is 4.19. The molecule has 1 aromatic rings. The number of hydrogen-bond donors (Lipinski definition) is 1. The topological polar surface area (TPSA) is 24.5 Å². The second-order valence-corrected chi connectivity index (χ2v) is 6.14. The molecule has 112 valence electrons. The van der Waals surface area contributed by atoms with Gasteiger partial charge in [0.2, 0.25) is 0 Å². The third-order valence-electron chi connectivity index (χ3n) is 3.83. The number of halogens is 1. The first-order valence-electron chi connectivity index (χ1n) is 7.39. The zero-order valence-electron chi connectivity index (χ0n) is 12.6. The SMILES string of the molecule is CNC(CCN1C[C@@H](C)O[C@@H](C)C1)c1cccc(Cl)c1. The van der Waals surface area contributed by atoms with Crippen molar-refractivity contribution in [2.24, 2.45) is 0 Å². The Hall–Kier alpha value is -0.610. The van der Waals surface area contributed by atoms with Gasteiger partial charge in [-0.15, -0.1) is 0 Å². The zero-order valence-corrected chi connectivity index (χ0v) is 13.4. The Morgan fingerprint density at radius 2 is 2.05 bits per heavy atom. The van der Waals surface area contributed by atoms with Gasteiger partial charge in [-0.25, -0.2) is 0 Å². The maximum absolute atomic E-state index is 6.08. The van der Waals surface area contributed by atoms with Gasteiger partial charge in [0.1, 0.15) is 0 Å². The molecule has 1 aliphatic rings. The number of ether oxygens (including phenoxy) is 1. The number of morpholine rings is 1. The summed E-state index contributed by atoms with van der Waals surface area (Å²) in [6, 6.07) is 8.47. The largest absolute Gasteiger partial charge is 0.373 e. The van der Waals surface area contributed by atoms with Gasteiger partial charge in [0.15, 0.2) is 0 Å². The van der Waals surface area contributed by atoms with Crippen molar-refractivity contribution in [3.63, 3.8) is 0 Å². The van der Waals surface area contributed by atoms with Crippen molar-refractivity contribution >= 4 is 11.6 Å². The van der Waals surface area contributed by atoms with Gasteiger partial charge in [0, 0.05) is 30.7 Å². The summed E-state index contributed by atoms with van der Waals surface area (Å²) in [6.45, 7) is 7.42. The third-order valence-corrected chi connectivity index (χ3v) is 4.06. The predicted octanol–water partition coefficient (Wildman–Crippen LogP) is 3.10. The fourth-order valence-electron chi connectivity index (χ4n) is 2.98. The molecular weight excluding hydrogens is 272 g/mol. The highest BCUT2D eigenvalue weighted by molar-refractivity contribution is 6.30. The highest BCUT2D eigenvalue weighted by Gasteiger charge is 2.22. The normalized spacial score (nSPS) is 25.6. The molecular formula is C16H25ClN2O. The molecule has 4 heteroatoms. The summed E-state index contributed by atoms with van der Waals surface area (Å²) in [5.41, 5.74) is 1.26. The summed E-state index contributed by atoms with van der Waals surface area (Å²) in [5.74, 6) is 0. The first-order valence-corrected chi connectivity index (χ1v) is 7.77. The highest BCUT2D eigenvalue weighted by Crippen LogP contribution is 2.21. The number of benzene rings is 1. The van der Waals surface area contributed by atoms with Crippen LogP contribution >= 0.6 is 11.6 Å². The molecule has 0 aliphatic carbocycles. The van der Waals surface area contributed by atoms with Gasteiger partial charge in [-0.1, -0.05) is 23.7 Å². The highest BCUT2D eigenvalue weighted by atomic mass is 35.5. The Balaban J connectivity index is 1.90. The molecule has 3 nitrogen and oxygen atoms in total. The van der Waals surface area contributed by atoms with Gasteiger partial charge >= 0.3 is 0 Å². The summed E-state index contributed by atoms with van der Waals surface area (Å²) in [7, 11) is 2.01. The number of hydrogen-bond acceptors (Lipinski definition) is 3. The van der Waals surface area contributed by atoms with Gasteiger partial charge in [-0.2, -0.15) is 0 Å². The van der Waals surface area contributed by atoms with Crippen LogP contribution < -0.4 is 5.32 Å². The summed E-state index contributed by atoms with van der Waals surface area (Å²) in [4.78, 5) is 2.49. The van der Waals surface area contributed by atoms with E-state index in [1.54, 1.807) is 0 Å². The van der Waals surface area contributed by atoms with Crippen LogP contribution in [-0.4, -0.2) is 43.8 Å². The Morgan fingerprint density at radius 3 is 2.65 bits per heavy atom. The summed E-state index contributed by atoms with van der Waals surface area (Å²) in [6.07, 6.45) is 1.74. The lowest BCUT2D eigenvalue weighted by molar-refractivity contribution is -0.0685. The van der Waals surface area contributed by atoms with Crippen LogP contribution in [0.25, 0.3) is 0 Å². The minimum atomic E-state index is 0.331. The van der Waals surface area contributed by atoms with Crippen LogP contribution in [0.5, 0.6) is 0 Å². The molecule has 1 aliphatic heterocycles. The van der Waals surface area contributed by atoms with E-state index in [9.17, 15) is 0 Å². The zero-order chi connectivity index (χ0) is 14.5. The van der Waals surface area contributed by atoms with Crippen molar-refractivity contribution in [3.8, 4) is 0 Å². The van der Waals surface area contributed by atoms with Crippen LogP contribution in [0.4, 0.5) is 0 Å². The molecule has 0 radical (unpaired) electrons. The van der Waals surface area contributed by atoms with Crippen LogP contribution in [0.1, 0.15) is 31.9 Å². The average molecular weight is 297 g/mol. The van der Waals surface area contributed by atoms with Gasteiger partial charge in [-0.3, -0.25) is 4.90 Å². The van der Waals surface area contributed by atoms with E-state index in [0.29, 0.717) is 18.2 Å². The van der Waals surface area contributed by atoms with Gasteiger partial charge in [0.25, 0.3) is 0 Å². The molecule has 1 heterocycles. The Labute approximate surface area is 127 Å². The fourth-order valence-corrected chi connectivity index (χ4v) is 3.18. The van der Waals surface area contributed by atoms with E-state index in [4.69, 9.17) is 16.3 Å². The molecule has 1 unspecified atom stereocenters. The van der Waals surface area contributed by atoms with E-state index in [1.165, 1.54) is 5.56 Å². The van der Waals surface area contributed by atoms with Crippen LogP contribution in [0, 0.1) is 0 Å². The summed E-state index contributed by atoms with van der Waals surface area (Å²) < 4.78 is 5.78. The average Bonchev–Trinajstić information content (AvgIpc) is 2.38. The molecule has 1 fully saturated rings. The van der Waals surface area contributed by atoms with Crippen molar-refractivity contribution in [1.82, 2.24) is 10.2 Å². The second kappa shape index (κ2) is 7.41. The van der Waals surface area contributed by atoms with E-state index >= 15 is 0 Å². The van der Waals surface area contributed by atoms with E-state index in [0.717, 1.165) is 31.1 Å². The first-order chi connectivity index (χ1) is 9.58. The Morgan fingerprint density at radius 1 is 1.35 bits per heavy atom. The molecule has 1 saturated heterocycles. The maximum Gasteiger partial charge on any atom is 0.0678 e. The van der Waals surface area contributed by atoms with Gasteiger partial charge in [0.05, 0.1) is 12.2 Å². The minimum Gasteiger partial charge on any atom is -0.373 e. The van der Waals surface area contributed by atoms with Crippen LogP contribution in [0.3, 0.4) is 0 Å². The van der Waals surface area contributed by atoms with Crippen molar-refractivity contribution < 1.29 is 4.74 Å². The van der Waals surface area contributed by atoms with Crippen LogP contribution in [0.2, 0.25) is 5.02 Å². The third kappa shape index (κ3) is 4.45. The van der Waals surface area contributed by atoms with E-state index in [-0.39, 0.29) is 0 Å². The first kappa shape index (κ1) is 15.8. The molecule has 0 aromatic heterocycles. The number of nitrogens with one attached hydrogen (secondary N) is 1. The van der Waals surface area contributed by atoms with Crippen molar-refractivity contribution in [1.29, 1.82) is 0 Å². The molecule has 1 aromatic carbocycles. The standard InChI is InChI=1S/C16H25ClN2O/c1-12-10-19(11-13(2)20-12)8-7-16(18-3)14-5-4-6-15(17)9-14/h4-6,9,12-13,16,18H,7-8,10-11H2,1-3H3/t12-,13+,16?. The number of rotatable bonds is 5. The molecule has 2 rings (SSSR count). The van der Waals surface area contributed by atoms with Crippen molar-refractivity contribution in [2.75, 3.05) is 26.7 Å². The molecule has 20 heavy (non-hydrogen) atoms. The fraction of sp³-hybridized carbons (Fsp3) is 0.625. The van der Waals surface area contributed by atoms with E-state index in [2.05, 4.69) is 30.1 Å². The molecule has 1 N–H and O–H groups in total. The van der Waals surface area contributed by atoms with Gasteiger partial charge in [-0.05, 0) is 45.0 Å². The monoisotopic (exact) mass is 296 g/mol. The maximum atomic E-state index is 6.08. The number of nitrogens with zero attached hydrogens (tertiary/aromatic N) is 1. The molecule has 0 saturated carbocycles. The quantitative estimate of drug-likeness (QED) is 0.903. The van der Waals surface area contributed by atoms with E-state index in [1.807, 2.05) is 25.2 Å². The lowest BCUT2D eigenvalue weighted by Gasteiger charge is -2.36. The molecule has 3 atom stereocenters. The molecule has 0 bridgehead atoms. The minimum absolute atomic E-state index is 0.331. The second-order valence-electron chi connectivity index (χ2n) is 5.70. The Kier molecular flexibility index (Phi) is 5.85. The lowest BCUT2D eigenvalue weighted by Crippen LogP contribution is -2.46. The van der Waals surface area contributed by atoms with Crippen LogP contribution in [0.15, 0.2) is 24.3 Å². The molecule has 0 amide bonds. The lowest BCUT2D eigenvalue weighted by atomic mass is 10.0. The smallest absolute Gasteiger partial charge is 0.0678 e. The van der Waals surface area contributed by atoms with Crippen LogP contribution in [-0.2, 0) is 4.74 Å².